The molecule has 0 aliphatic carbocycles. The molecule has 0 amide bonds. The lowest BCUT2D eigenvalue weighted by Gasteiger charge is -2.18. The van der Waals surface area contributed by atoms with E-state index in [0.717, 1.165) is 25.1 Å². The Morgan fingerprint density at radius 2 is 1.86 bits per heavy atom. The second kappa shape index (κ2) is 7.04. The summed E-state index contributed by atoms with van der Waals surface area (Å²) in [6.45, 7) is 4.02. The van der Waals surface area contributed by atoms with Gasteiger partial charge >= 0.3 is 0 Å². The molecule has 0 spiro atoms. The highest BCUT2D eigenvalue weighted by Gasteiger charge is 2.05. The molecular formula is C18H23N3. The van der Waals surface area contributed by atoms with Crippen molar-refractivity contribution in [3.63, 3.8) is 0 Å². The van der Waals surface area contributed by atoms with Crippen molar-refractivity contribution in [3.8, 4) is 0 Å². The molecule has 0 atom stereocenters. The molecule has 2 rings (SSSR count). The molecule has 0 fully saturated rings. The molecule has 21 heavy (non-hydrogen) atoms. The lowest BCUT2D eigenvalue weighted by Crippen LogP contribution is -2.21. The Morgan fingerprint density at radius 3 is 2.48 bits per heavy atom. The first-order chi connectivity index (χ1) is 10.1. The number of nitrogen functional groups attached to an aromatic ring is 1. The number of nitrogens with two attached hydrogens (primary N) is 1. The van der Waals surface area contributed by atoms with Gasteiger partial charge in [0.25, 0.3) is 0 Å². The summed E-state index contributed by atoms with van der Waals surface area (Å²) in [6.07, 6.45) is 1.06. The molecule has 3 N–H and O–H groups in total. The topological polar surface area (TPSA) is 53.1 Å². The first kappa shape index (κ1) is 15.3. The van der Waals surface area contributed by atoms with E-state index in [9.17, 15) is 0 Å². The number of nitrogens with one attached hydrogen (secondary N) is 1. The summed E-state index contributed by atoms with van der Waals surface area (Å²) in [5, 5.41) is 7.47. The number of hydrogen-bond donors (Lipinski definition) is 2. The lowest BCUT2D eigenvalue weighted by atomic mass is 10.0. The number of rotatable bonds is 6. The largest absolute Gasteiger partial charge is 0.384 e. The highest BCUT2D eigenvalue weighted by Crippen LogP contribution is 2.13. The molecule has 2 aromatic carbocycles. The number of likely N-dealkylation sites (N-methyl/N-ethyl adjacent to an activating group) is 1. The van der Waals surface area contributed by atoms with Gasteiger partial charge in [0.05, 0.1) is 0 Å². The van der Waals surface area contributed by atoms with Gasteiger partial charge in [-0.2, -0.15) is 0 Å². The fraction of sp³-hybridized carbons (Fsp3) is 0.278. The first-order valence-electron chi connectivity index (χ1n) is 7.22. The summed E-state index contributed by atoms with van der Waals surface area (Å²) in [5.74, 6) is 0.127. The average Bonchev–Trinajstić information content (AvgIpc) is 2.48. The fourth-order valence-electron chi connectivity index (χ4n) is 2.38. The zero-order valence-corrected chi connectivity index (χ0v) is 12.8. The number of amidine groups is 1. The summed E-state index contributed by atoms with van der Waals surface area (Å²) in [6, 6.07) is 16.5. The van der Waals surface area contributed by atoms with Crippen molar-refractivity contribution in [3.05, 3.63) is 70.8 Å². The molecule has 0 radical (unpaired) electrons. The lowest BCUT2D eigenvalue weighted by molar-refractivity contribution is 0.330. The molecule has 0 aliphatic heterocycles. The van der Waals surface area contributed by atoms with Crippen molar-refractivity contribution in [1.29, 1.82) is 5.41 Å². The minimum atomic E-state index is 0.127. The summed E-state index contributed by atoms with van der Waals surface area (Å²) < 4.78 is 0. The summed E-state index contributed by atoms with van der Waals surface area (Å²) in [7, 11) is 2.14. The van der Waals surface area contributed by atoms with E-state index >= 15 is 0 Å². The van der Waals surface area contributed by atoms with Gasteiger partial charge in [-0.25, -0.2) is 0 Å². The van der Waals surface area contributed by atoms with E-state index in [4.69, 9.17) is 11.1 Å². The van der Waals surface area contributed by atoms with Gasteiger partial charge in [0, 0.05) is 18.7 Å². The van der Waals surface area contributed by atoms with Crippen LogP contribution in [0.25, 0.3) is 0 Å². The quantitative estimate of drug-likeness (QED) is 0.632. The SMILES string of the molecule is Cc1cc(C(=N)N)ccc1CN(C)CCc1ccccc1. The molecule has 0 saturated heterocycles. The minimum Gasteiger partial charge on any atom is -0.384 e. The van der Waals surface area contributed by atoms with Crippen LogP contribution in [0.2, 0.25) is 0 Å². The van der Waals surface area contributed by atoms with Crippen LogP contribution in [0.15, 0.2) is 48.5 Å². The maximum absolute atomic E-state index is 7.47. The zero-order chi connectivity index (χ0) is 15.2. The zero-order valence-electron chi connectivity index (χ0n) is 12.8. The van der Waals surface area contributed by atoms with Crippen molar-refractivity contribution in [1.82, 2.24) is 4.90 Å². The fourth-order valence-corrected chi connectivity index (χ4v) is 2.38. The van der Waals surface area contributed by atoms with Crippen molar-refractivity contribution < 1.29 is 0 Å². The maximum atomic E-state index is 7.47. The normalized spacial score (nSPS) is 10.8. The van der Waals surface area contributed by atoms with Crippen molar-refractivity contribution in [2.24, 2.45) is 5.73 Å². The number of hydrogen-bond acceptors (Lipinski definition) is 2. The predicted molar refractivity (Wildman–Crippen MR) is 88.7 cm³/mol. The second-order valence-corrected chi connectivity index (χ2v) is 5.53. The van der Waals surface area contributed by atoms with E-state index in [1.165, 1.54) is 16.7 Å². The highest BCUT2D eigenvalue weighted by molar-refractivity contribution is 5.95. The standard InChI is InChI=1S/C18H23N3/c1-14-12-16(18(19)20)8-9-17(14)13-21(2)11-10-15-6-4-3-5-7-15/h3-9,12H,10-11,13H2,1-2H3,(H3,19,20). The van der Waals surface area contributed by atoms with Gasteiger partial charge in [-0.05, 0) is 43.1 Å². The van der Waals surface area contributed by atoms with E-state index < -0.39 is 0 Å². The Morgan fingerprint density at radius 1 is 1.14 bits per heavy atom. The van der Waals surface area contributed by atoms with Crippen molar-refractivity contribution >= 4 is 5.84 Å². The average molecular weight is 281 g/mol. The third-order valence-electron chi connectivity index (χ3n) is 3.72. The van der Waals surface area contributed by atoms with Crippen LogP contribution < -0.4 is 5.73 Å². The first-order valence-corrected chi connectivity index (χ1v) is 7.22. The van der Waals surface area contributed by atoms with Crippen LogP contribution in [0.5, 0.6) is 0 Å². The minimum absolute atomic E-state index is 0.127. The van der Waals surface area contributed by atoms with Crippen molar-refractivity contribution in [2.75, 3.05) is 13.6 Å². The molecule has 0 heterocycles. The Bertz CT molecular complexity index is 605. The summed E-state index contributed by atoms with van der Waals surface area (Å²) in [5.41, 5.74) is 10.2. The molecule has 0 saturated carbocycles. The van der Waals surface area contributed by atoms with Crippen LogP contribution in [-0.4, -0.2) is 24.3 Å². The number of benzene rings is 2. The van der Waals surface area contributed by atoms with Crippen LogP contribution in [-0.2, 0) is 13.0 Å². The molecular weight excluding hydrogens is 258 g/mol. The Hall–Kier alpha value is -2.13. The summed E-state index contributed by atoms with van der Waals surface area (Å²) in [4.78, 5) is 2.32. The Labute approximate surface area is 126 Å². The molecule has 0 aliphatic rings. The van der Waals surface area contributed by atoms with E-state index in [0.29, 0.717) is 0 Å². The molecule has 0 bridgehead atoms. The van der Waals surface area contributed by atoms with Gasteiger partial charge in [0.1, 0.15) is 5.84 Å². The maximum Gasteiger partial charge on any atom is 0.122 e. The van der Waals surface area contributed by atoms with Gasteiger partial charge in [0.15, 0.2) is 0 Å². The second-order valence-electron chi connectivity index (χ2n) is 5.53. The van der Waals surface area contributed by atoms with Crippen LogP contribution in [0.3, 0.4) is 0 Å². The van der Waals surface area contributed by atoms with E-state index in [1.807, 2.05) is 18.2 Å². The molecule has 2 aromatic rings. The van der Waals surface area contributed by atoms with Gasteiger partial charge in [0.2, 0.25) is 0 Å². The van der Waals surface area contributed by atoms with E-state index in [1.54, 1.807) is 0 Å². The van der Waals surface area contributed by atoms with Crippen LogP contribution in [0.4, 0.5) is 0 Å². The van der Waals surface area contributed by atoms with Crippen LogP contribution in [0.1, 0.15) is 22.3 Å². The van der Waals surface area contributed by atoms with Gasteiger partial charge in [-0.1, -0.05) is 42.5 Å². The highest BCUT2D eigenvalue weighted by atomic mass is 15.1. The molecule has 110 valence electrons. The molecule has 3 nitrogen and oxygen atoms in total. The predicted octanol–water partition coefficient (Wildman–Crippen LogP) is 2.95. The molecule has 0 aromatic heterocycles. The van der Waals surface area contributed by atoms with Crippen molar-refractivity contribution in [2.45, 2.75) is 19.9 Å². The smallest absolute Gasteiger partial charge is 0.122 e. The van der Waals surface area contributed by atoms with E-state index in [2.05, 4.69) is 49.2 Å². The Balaban J connectivity index is 1.93. The van der Waals surface area contributed by atoms with Crippen LogP contribution >= 0.6 is 0 Å². The monoisotopic (exact) mass is 281 g/mol. The summed E-state index contributed by atoms with van der Waals surface area (Å²) >= 11 is 0. The number of nitrogens with zero attached hydrogens (tertiary/aromatic N) is 1. The third kappa shape index (κ3) is 4.43. The third-order valence-corrected chi connectivity index (χ3v) is 3.72. The Kier molecular flexibility index (Phi) is 5.12. The van der Waals surface area contributed by atoms with Gasteiger partial charge in [-0.3, -0.25) is 5.41 Å². The van der Waals surface area contributed by atoms with Gasteiger partial charge in [-0.15, -0.1) is 0 Å². The molecule has 0 unspecified atom stereocenters. The van der Waals surface area contributed by atoms with E-state index in [-0.39, 0.29) is 5.84 Å². The van der Waals surface area contributed by atoms with Crippen LogP contribution in [0, 0.1) is 12.3 Å². The number of aryl methyl sites for hydroxylation is 1. The molecule has 3 heteroatoms. The van der Waals surface area contributed by atoms with Gasteiger partial charge < -0.3 is 10.6 Å².